The van der Waals surface area contributed by atoms with Gasteiger partial charge in [-0.25, -0.2) is 4.98 Å². The zero-order chi connectivity index (χ0) is 25.9. The van der Waals surface area contributed by atoms with Crippen LogP contribution >= 0.6 is 11.3 Å². The van der Waals surface area contributed by atoms with Crippen LogP contribution in [0.25, 0.3) is 0 Å². The number of hydrogen-bond donors (Lipinski definition) is 1. The summed E-state index contributed by atoms with van der Waals surface area (Å²) in [6.07, 6.45) is -12.0. The van der Waals surface area contributed by atoms with Crippen molar-refractivity contribution < 1.29 is 53.4 Å². The summed E-state index contributed by atoms with van der Waals surface area (Å²) in [7, 11) is 0. The van der Waals surface area contributed by atoms with Crippen LogP contribution < -0.4 is 5.43 Å². The molecule has 0 atom stereocenters. The first-order valence-electron chi connectivity index (χ1n) is 8.94. The molecule has 16 heteroatoms. The summed E-state index contributed by atoms with van der Waals surface area (Å²) in [5.74, 6) is -13.6. The molecule has 0 saturated carbocycles. The quantitative estimate of drug-likeness (QED) is 0.199. The summed E-state index contributed by atoms with van der Waals surface area (Å²) in [4.78, 5) is 15.3. The second-order valence-corrected chi connectivity index (χ2v) is 7.30. The molecule has 34 heavy (non-hydrogen) atoms. The van der Waals surface area contributed by atoms with Gasteiger partial charge in [-0.05, 0) is 24.6 Å². The lowest BCUT2D eigenvalue weighted by molar-refractivity contribution is -0.360. The number of nitrogens with one attached hydrogen (secondary N) is 1. The van der Waals surface area contributed by atoms with Crippen LogP contribution in [0.2, 0.25) is 0 Å². The number of thiazole rings is 1. The summed E-state index contributed by atoms with van der Waals surface area (Å²) in [6.45, 7) is 1.73. The fourth-order valence-electron chi connectivity index (χ4n) is 2.46. The topological polar surface area (TPSA) is 63.6 Å². The Hall–Kier alpha value is -2.91. The van der Waals surface area contributed by atoms with Crippen LogP contribution in [0.3, 0.4) is 0 Å². The molecule has 0 saturated heterocycles. The fourth-order valence-corrected chi connectivity index (χ4v) is 3.12. The van der Waals surface area contributed by atoms with Crippen LogP contribution in [-0.2, 0) is 28.1 Å². The fraction of sp³-hybridized carbons (Fsp3) is 0.389. The minimum Gasteiger partial charge on any atom is -0.466 e. The van der Waals surface area contributed by atoms with Gasteiger partial charge in [-0.15, -0.1) is 11.3 Å². The third-order valence-electron chi connectivity index (χ3n) is 3.99. The third kappa shape index (κ3) is 5.95. The van der Waals surface area contributed by atoms with E-state index in [4.69, 9.17) is 4.74 Å². The molecule has 0 bridgehead atoms. The number of rotatable bonds is 8. The van der Waals surface area contributed by atoms with E-state index >= 15 is 0 Å². The van der Waals surface area contributed by atoms with E-state index in [9.17, 15) is 48.7 Å². The highest BCUT2D eigenvalue weighted by Gasteiger charge is 2.74. The first-order chi connectivity index (χ1) is 15.5. The molecule has 1 aromatic heterocycles. The van der Waals surface area contributed by atoms with Crippen molar-refractivity contribution >= 4 is 28.7 Å². The lowest BCUT2D eigenvalue weighted by Gasteiger charge is -2.30. The highest BCUT2D eigenvalue weighted by molar-refractivity contribution is 7.13. The number of carbonyl (C=O) groups is 1. The van der Waals surface area contributed by atoms with Gasteiger partial charge in [0.25, 0.3) is 0 Å². The van der Waals surface area contributed by atoms with Crippen LogP contribution in [0, 0.1) is 0 Å². The number of hydrazone groups is 1. The number of halogens is 10. The van der Waals surface area contributed by atoms with Gasteiger partial charge in [0.1, 0.15) is 0 Å². The van der Waals surface area contributed by atoms with E-state index in [0.29, 0.717) is 12.3 Å². The molecule has 0 aliphatic rings. The maximum absolute atomic E-state index is 14.1. The van der Waals surface area contributed by atoms with Crippen LogP contribution in [-0.4, -0.2) is 35.9 Å². The SMILES string of the molecule is CCOC(=O)Cc1csc(NN=Cc2ccc(C(F)(F)F)c(C(F)(F)C(F)(F)C(F)(F)F)c2)n1. The molecule has 0 spiro atoms. The summed E-state index contributed by atoms with van der Waals surface area (Å²) in [5, 5.41) is 4.98. The monoisotopic (exact) mass is 525 g/mol. The molecule has 0 aliphatic heterocycles. The number of esters is 1. The highest BCUT2D eigenvalue weighted by Crippen LogP contribution is 2.54. The molecule has 0 radical (unpaired) electrons. The van der Waals surface area contributed by atoms with Gasteiger partial charge in [0, 0.05) is 10.9 Å². The minimum atomic E-state index is -6.82. The van der Waals surface area contributed by atoms with E-state index in [1.165, 1.54) is 5.38 Å². The Morgan fingerprint density at radius 1 is 1.09 bits per heavy atom. The number of carbonyl (C=O) groups excluding carboxylic acids is 1. The predicted octanol–water partition coefficient (Wildman–Crippen LogP) is 6.00. The molecule has 1 N–H and O–H groups in total. The molecule has 0 fully saturated rings. The zero-order valence-corrected chi connectivity index (χ0v) is 17.5. The molecule has 2 aromatic rings. The number of aromatic nitrogens is 1. The van der Waals surface area contributed by atoms with Crippen LogP contribution in [0.5, 0.6) is 0 Å². The van der Waals surface area contributed by atoms with Gasteiger partial charge in [-0.1, -0.05) is 6.07 Å². The average Bonchev–Trinajstić information content (AvgIpc) is 3.13. The lowest BCUT2D eigenvalue weighted by atomic mass is 9.94. The van der Waals surface area contributed by atoms with Crippen molar-refractivity contribution in [2.75, 3.05) is 12.0 Å². The smallest absolute Gasteiger partial charge is 0.460 e. The van der Waals surface area contributed by atoms with E-state index in [2.05, 4.69) is 15.5 Å². The molecule has 2 rings (SSSR count). The van der Waals surface area contributed by atoms with E-state index in [0.717, 1.165) is 11.3 Å². The molecular formula is C18H13F10N3O2S. The molecule has 5 nitrogen and oxygen atoms in total. The van der Waals surface area contributed by atoms with Crippen LogP contribution in [0.15, 0.2) is 28.7 Å². The van der Waals surface area contributed by atoms with Crippen molar-refractivity contribution in [2.45, 2.75) is 37.5 Å². The van der Waals surface area contributed by atoms with Gasteiger partial charge in [-0.2, -0.15) is 49.0 Å². The van der Waals surface area contributed by atoms with Crippen LogP contribution in [0.4, 0.5) is 49.0 Å². The largest absolute Gasteiger partial charge is 0.466 e. The van der Waals surface area contributed by atoms with Gasteiger partial charge < -0.3 is 4.74 Å². The Balaban J connectivity index is 2.32. The van der Waals surface area contributed by atoms with E-state index in [1.807, 2.05) is 0 Å². The van der Waals surface area contributed by atoms with E-state index < -0.39 is 46.9 Å². The molecular weight excluding hydrogens is 512 g/mol. The lowest BCUT2D eigenvalue weighted by Crippen LogP contribution is -2.50. The van der Waals surface area contributed by atoms with Gasteiger partial charge >= 0.3 is 30.2 Å². The number of anilines is 1. The van der Waals surface area contributed by atoms with Gasteiger partial charge in [0.15, 0.2) is 0 Å². The van der Waals surface area contributed by atoms with Gasteiger partial charge in [0.05, 0.1) is 30.5 Å². The molecule has 0 amide bonds. The molecule has 1 aromatic carbocycles. The standard InChI is InChI=1S/C18H13F10N3O2S/c1-2-33-13(32)6-10-8-34-14(30-10)31-29-7-9-3-4-11(16(21,22)23)12(5-9)15(19,20)17(24,25)18(26,27)28/h3-5,7-8H,2,6H2,1H3,(H,30,31). The normalized spacial score (nSPS) is 13.4. The third-order valence-corrected chi connectivity index (χ3v) is 4.79. The highest BCUT2D eigenvalue weighted by atomic mass is 32.1. The number of nitrogens with zero attached hydrogens (tertiary/aromatic N) is 2. The Bertz CT molecular complexity index is 1050. The first kappa shape index (κ1) is 27.3. The van der Waals surface area contributed by atoms with Crippen LogP contribution in [0.1, 0.15) is 29.3 Å². The van der Waals surface area contributed by atoms with Crippen molar-refractivity contribution in [2.24, 2.45) is 5.10 Å². The minimum absolute atomic E-state index is 0.0524. The maximum Gasteiger partial charge on any atom is 0.460 e. The summed E-state index contributed by atoms with van der Waals surface area (Å²) in [6, 6.07) is 0.326. The molecule has 188 valence electrons. The predicted molar refractivity (Wildman–Crippen MR) is 100 cm³/mol. The number of benzene rings is 1. The molecule has 0 aliphatic carbocycles. The van der Waals surface area contributed by atoms with E-state index in [-0.39, 0.29) is 36.0 Å². The van der Waals surface area contributed by atoms with Gasteiger partial charge in [-0.3, -0.25) is 10.2 Å². The zero-order valence-electron chi connectivity index (χ0n) is 16.7. The average molecular weight is 525 g/mol. The Morgan fingerprint density at radius 3 is 2.29 bits per heavy atom. The second-order valence-electron chi connectivity index (χ2n) is 6.45. The maximum atomic E-state index is 14.1. The van der Waals surface area contributed by atoms with E-state index in [1.54, 1.807) is 6.92 Å². The summed E-state index contributed by atoms with van der Waals surface area (Å²) >= 11 is 0.927. The Kier molecular flexibility index (Phi) is 7.84. The summed E-state index contributed by atoms with van der Waals surface area (Å²) < 4.78 is 136. The number of ether oxygens (including phenoxy) is 1. The molecule has 1 heterocycles. The Labute approximate surface area is 188 Å². The number of hydrogen-bond acceptors (Lipinski definition) is 6. The van der Waals surface area contributed by atoms with Crippen molar-refractivity contribution in [3.8, 4) is 0 Å². The van der Waals surface area contributed by atoms with Crippen molar-refractivity contribution in [1.29, 1.82) is 0 Å². The second kappa shape index (κ2) is 9.76. The van der Waals surface area contributed by atoms with Crippen molar-refractivity contribution in [1.82, 2.24) is 4.98 Å². The molecule has 0 unspecified atom stereocenters. The first-order valence-corrected chi connectivity index (χ1v) is 9.81. The Morgan fingerprint density at radius 2 is 1.74 bits per heavy atom. The number of alkyl halides is 10. The summed E-state index contributed by atoms with van der Waals surface area (Å²) in [5.41, 5.74) is -3.05. The van der Waals surface area contributed by atoms with Crippen molar-refractivity contribution in [3.63, 3.8) is 0 Å². The van der Waals surface area contributed by atoms with Gasteiger partial charge in [0.2, 0.25) is 5.13 Å². The van der Waals surface area contributed by atoms with Crippen molar-refractivity contribution in [3.05, 3.63) is 46.0 Å².